The molecule has 0 unspecified atom stereocenters. The first-order valence-electron chi connectivity index (χ1n) is 7.21. The van der Waals surface area contributed by atoms with Crippen molar-refractivity contribution in [1.29, 1.82) is 0 Å². The van der Waals surface area contributed by atoms with Gasteiger partial charge in [-0.2, -0.15) is 0 Å². The first kappa shape index (κ1) is 16.7. The van der Waals surface area contributed by atoms with E-state index in [1.54, 1.807) is 18.2 Å². The largest absolute Gasteiger partial charge is 0.478 e. The van der Waals surface area contributed by atoms with Crippen molar-refractivity contribution in [2.24, 2.45) is 4.99 Å². The zero-order valence-corrected chi connectivity index (χ0v) is 15.6. The van der Waals surface area contributed by atoms with Gasteiger partial charge in [-0.05, 0) is 42.5 Å². The highest BCUT2D eigenvalue weighted by Crippen LogP contribution is 2.43. The maximum absolute atomic E-state index is 11.3. The summed E-state index contributed by atoms with van der Waals surface area (Å²) in [6, 6.07) is 14.3. The molecule has 1 N–H and O–H groups in total. The standard InChI is InChI=1S/C18H9Cl2NO2S2/c19-10-2-3-11-15(8-10)24-13-4-1-9(18(22)23)7-12(13)21-17(11)14-5-6-16(20)25-14/h1-8H,(H,22,23). The maximum atomic E-state index is 11.3. The molecule has 0 bridgehead atoms. The third-order valence-corrected chi connectivity index (χ3v) is 6.26. The highest BCUT2D eigenvalue weighted by molar-refractivity contribution is 7.99. The predicted molar refractivity (Wildman–Crippen MR) is 104 cm³/mol. The minimum Gasteiger partial charge on any atom is -0.478 e. The van der Waals surface area contributed by atoms with E-state index in [-0.39, 0.29) is 5.56 Å². The fourth-order valence-corrected chi connectivity index (χ4v) is 4.86. The molecular formula is C18H9Cl2NO2S2. The second-order valence-corrected chi connectivity index (χ2v) is 8.53. The summed E-state index contributed by atoms with van der Waals surface area (Å²) in [5.41, 5.74) is 2.53. The van der Waals surface area contributed by atoms with Gasteiger partial charge in [-0.15, -0.1) is 11.3 Å². The minimum atomic E-state index is -0.978. The monoisotopic (exact) mass is 405 g/mol. The number of aliphatic imine (C=N–C) groups is 1. The van der Waals surface area contributed by atoms with Crippen LogP contribution in [0.3, 0.4) is 0 Å². The van der Waals surface area contributed by atoms with Crippen molar-refractivity contribution in [2.75, 3.05) is 0 Å². The Labute approximate surface area is 161 Å². The third kappa shape index (κ3) is 3.20. The van der Waals surface area contributed by atoms with Gasteiger partial charge in [-0.1, -0.05) is 41.0 Å². The fourth-order valence-electron chi connectivity index (χ4n) is 2.53. The van der Waals surface area contributed by atoms with Gasteiger partial charge >= 0.3 is 5.97 Å². The topological polar surface area (TPSA) is 49.7 Å². The molecule has 0 saturated heterocycles. The zero-order valence-electron chi connectivity index (χ0n) is 12.5. The molecule has 0 saturated carbocycles. The molecule has 2 heterocycles. The maximum Gasteiger partial charge on any atom is 0.335 e. The molecule has 2 aromatic carbocycles. The lowest BCUT2D eigenvalue weighted by Crippen LogP contribution is -2.01. The van der Waals surface area contributed by atoms with Gasteiger partial charge in [0.25, 0.3) is 0 Å². The molecule has 3 aromatic rings. The Morgan fingerprint density at radius 1 is 1.00 bits per heavy atom. The molecule has 1 aliphatic rings. The van der Waals surface area contributed by atoms with Gasteiger partial charge in [0.2, 0.25) is 0 Å². The number of carboxylic acids is 1. The molecule has 4 rings (SSSR count). The number of rotatable bonds is 2. The van der Waals surface area contributed by atoms with Gasteiger partial charge in [0, 0.05) is 20.4 Å². The number of nitrogens with zero attached hydrogens (tertiary/aromatic N) is 1. The number of halogens is 2. The quantitative estimate of drug-likeness (QED) is 0.420. The lowest BCUT2D eigenvalue weighted by molar-refractivity contribution is 0.0697. The number of thiophene rings is 1. The summed E-state index contributed by atoms with van der Waals surface area (Å²) in [6.07, 6.45) is 0. The minimum absolute atomic E-state index is 0.204. The number of carboxylic acid groups (broad SMARTS) is 1. The fraction of sp³-hybridized carbons (Fsp3) is 0. The summed E-state index contributed by atoms with van der Waals surface area (Å²) in [6.45, 7) is 0. The second-order valence-electron chi connectivity index (χ2n) is 5.29. The highest BCUT2D eigenvalue weighted by atomic mass is 35.5. The Bertz CT molecular complexity index is 1040. The number of benzene rings is 2. The molecule has 0 fully saturated rings. The molecule has 0 aliphatic carbocycles. The van der Waals surface area contributed by atoms with Gasteiger partial charge in [0.05, 0.1) is 26.2 Å². The molecule has 25 heavy (non-hydrogen) atoms. The molecule has 3 nitrogen and oxygen atoms in total. The second kappa shape index (κ2) is 6.50. The van der Waals surface area contributed by atoms with E-state index in [0.29, 0.717) is 15.0 Å². The lowest BCUT2D eigenvalue weighted by atomic mass is 10.1. The van der Waals surface area contributed by atoms with Gasteiger partial charge < -0.3 is 5.11 Å². The van der Waals surface area contributed by atoms with Crippen LogP contribution in [0.4, 0.5) is 5.69 Å². The van der Waals surface area contributed by atoms with Crippen LogP contribution in [0.25, 0.3) is 0 Å². The van der Waals surface area contributed by atoms with E-state index in [2.05, 4.69) is 0 Å². The Hall–Kier alpha value is -1.79. The summed E-state index contributed by atoms with van der Waals surface area (Å²) >= 11 is 15.2. The Morgan fingerprint density at radius 2 is 1.84 bits per heavy atom. The molecule has 0 amide bonds. The number of aromatic carboxylic acids is 1. The number of carbonyl (C=O) groups is 1. The first-order chi connectivity index (χ1) is 12.0. The van der Waals surface area contributed by atoms with Crippen molar-refractivity contribution in [3.05, 3.63) is 73.9 Å². The van der Waals surface area contributed by atoms with Crippen LogP contribution in [0, 0.1) is 0 Å². The van der Waals surface area contributed by atoms with Crippen LogP contribution >= 0.6 is 46.3 Å². The van der Waals surface area contributed by atoms with Crippen molar-refractivity contribution < 1.29 is 9.90 Å². The van der Waals surface area contributed by atoms with Gasteiger partial charge in [-0.25, -0.2) is 9.79 Å². The van der Waals surface area contributed by atoms with E-state index >= 15 is 0 Å². The molecule has 1 aromatic heterocycles. The van der Waals surface area contributed by atoms with Crippen LogP contribution in [-0.4, -0.2) is 16.8 Å². The van der Waals surface area contributed by atoms with E-state index in [0.717, 1.165) is 25.9 Å². The van der Waals surface area contributed by atoms with Crippen molar-refractivity contribution >= 4 is 63.7 Å². The lowest BCUT2D eigenvalue weighted by Gasteiger charge is -2.08. The molecule has 0 spiro atoms. The summed E-state index contributed by atoms with van der Waals surface area (Å²) in [7, 11) is 0. The smallest absolute Gasteiger partial charge is 0.335 e. The Kier molecular flexibility index (Phi) is 4.33. The Balaban J connectivity index is 1.98. The average Bonchev–Trinajstić information content (AvgIpc) is 2.93. The van der Waals surface area contributed by atoms with E-state index in [4.69, 9.17) is 28.2 Å². The summed E-state index contributed by atoms with van der Waals surface area (Å²) in [5.74, 6) is -0.978. The molecular weight excluding hydrogens is 397 g/mol. The molecule has 0 radical (unpaired) electrons. The van der Waals surface area contributed by atoms with Crippen LogP contribution in [0.15, 0.2) is 63.3 Å². The first-order valence-corrected chi connectivity index (χ1v) is 9.60. The number of fused-ring (bicyclic) bond motifs is 2. The highest BCUT2D eigenvalue weighted by Gasteiger charge is 2.21. The van der Waals surface area contributed by atoms with Gasteiger partial charge in [0.1, 0.15) is 0 Å². The van der Waals surface area contributed by atoms with Crippen LogP contribution in [-0.2, 0) is 0 Å². The van der Waals surface area contributed by atoms with Crippen LogP contribution in [0.2, 0.25) is 9.36 Å². The molecule has 0 atom stereocenters. The molecule has 1 aliphatic heterocycles. The summed E-state index contributed by atoms with van der Waals surface area (Å²) < 4.78 is 0.671. The van der Waals surface area contributed by atoms with E-state index in [1.165, 1.54) is 23.1 Å². The van der Waals surface area contributed by atoms with Crippen molar-refractivity contribution in [3.8, 4) is 0 Å². The Morgan fingerprint density at radius 3 is 2.56 bits per heavy atom. The van der Waals surface area contributed by atoms with E-state index < -0.39 is 5.97 Å². The summed E-state index contributed by atoms with van der Waals surface area (Å²) in [5, 5.41) is 9.90. The van der Waals surface area contributed by atoms with Gasteiger partial charge in [-0.3, -0.25) is 0 Å². The van der Waals surface area contributed by atoms with Crippen molar-refractivity contribution in [2.45, 2.75) is 9.79 Å². The average molecular weight is 406 g/mol. The zero-order chi connectivity index (χ0) is 17.6. The van der Waals surface area contributed by atoms with Crippen molar-refractivity contribution in [3.63, 3.8) is 0 Å². The van der Waals surface area contributed by atoms with Crippen LogP contribution in [0.5, 0.6) is 0 Å². The molecule has 7 heteroatoms. The predicted octanol–water partition coefficient (Wildman–Crippen LogP) is 6.39. The SMILES string of the molecule is O=C(O)c1ccc2c(c1)N=C(c1ccc(Cl)s1)c1ccc(Cl)cc1S2. The van der Waals surface area contributed by atoms with E-state index in [9.17, 15) is 9.90 Å². The van der Waals surface area contributed by atoms with Gasteiger partial charge in [0.15, 0.2) is 0 Å². The normalized spacial score (nSPS) is 12.8. The van der Waals surface area contributed by atoms with Crippen LogP contribution in [0.1, 0.15) is 20.8 Å². The van der Waals surface area contributed by atoms with Crippen molar-refractivity contribution in [1.82, 2.24) is 0 Å². The van der Waals surface area contributed by atoms with E-state index in [1.807, 2.05) is 30.3 Å². The number of hydrogen-bond acceptors (Lipinski definition) is 4. The molecule has 124 valence electrons. The number of hydrogen-bond donors (Lipinski definition) is 1. The third-order valence-electron chi connectivity index (χ3n) is 3.66. The summed E-state index contributed by atoms with van der Waals surface area (Å²) in [4.78, 5) is 18.9. The van der Waals surface area contributed by atoms with Crippen LogP contribution < -0.4 is 0 Å².